The monoisotopic (exact) mass is 230 g/mol. The molecule has 1 fully saturated rings. The molecule has 0 aromatic heterocycles. The lowest BCUT2D eigenvalue weighted by molar-refractivity contribution is -0.145. The number of hydrogen-bond donors (Lipinski definition) is 3. The smallest absolute Gasteiger partial charge is 0.326 e. The number of morpholine rings is 1. The van der Waals surface area contributed by atoms with Gasteiger partial charge in [-0.25, -0.2) is 4.79 Å². The van der Waals surface area contributed by atoms with E-state index >= 15 is 0 Å². The molecule has 1 aliphatic rings. The summed E-state index contributed by atoms with van der Waals surface area (Å²) in [4.78, 5) is 22.5. The van der Waals surface area contributed by atoms with Crippen LogP contribution in [-0.2, 0) is 14.3 Å². The highest BCUT2D eigenvalue weighted by Crippen LogP contribution is 2.01. The minimum absolute atomic E-state index is 0.354. The molecule has 2 atom stereocenters. The molecule has 92 valence electrons. The number of carbonyl (C=O) groups excluding carboxylic acids is 1. The van der Waals surface area contributed by atoms with Crippen molar-refractivity contribution in [2.24, 2.45) is 0 Å². The van der Waals surface area contributed by atoms with Crippen LogP contribution < -0.4 is 10.6 Å². The van der Waals surface area contributed by atoms with Crippen molar-refractivity contribution in [3.8, 4) is 0 Å². The third kappa shape index (κ3) is 3.79. The molecule has 6 heteroatoms. The summed E-state index contributed by atoms with van der Waals surface area (Å²) in [5, 5.41) is 14.4. The number of carboxylic acids is 1. The predicted molar refractivity (Wildman–Crippen MR) is 57.1 cm³/mol. The van der Waals surface area contributed by atoms with Crippen LogP contribution in [0.15, 0.2) is 0 Å². The zero-order valence-electron chi connectivity index (χ0n) is 9.36. The van der Waals surface area contributed by atoms with Crippen molar-refractivity contribution < 1.29 is 19.4 Å². The van der Waals surface area contributed by atoms with Gasteiger partial charge < -0.3 is 20.5 Å². The molecular weight excluding hydrogens is 212 g/mol. The van der Waals surface area contributed by atoms with E-state index in [1.165, 1.54) is 0 Å². The summed E-state index contributed by atoms with van der Waals surface area (Å²) >= 11 is 0. The fourth-order valence-electron chi connectivity index (χ4n) is 1.54. The molecule has 0 aromatic rings. The number of carbonyl (C=O) groups is 2. The highest BCUT2D eigenvalue weighted by molar-refractivity contribution is 5.86. The van der Waals surface area contributed by atoms with Crippen LogP contribution in [0.5, 0.6) is 0 Å². The fraction of sp³-hybridized carbons (Fsp3) is 0.800. The first kappa shape index (κ1) is 12.9. The summed E-state index contributed by atoms with van der Waals surface area (Å²) in [6, 6.07) is -0.817. The van der Waals surface area contributed by atoms with Crippen molar-refractivity contribution in [3.63, 3.8) is 0 Å². The third-order valence-electron chi connectivity index (χ3n) is 2.41. The third-order valence-corrected chi connectivity index (χ3v) is 2.41. The Morgan fingerprint density at radius 3 is 2.88 bits per heavy atom. The fourth-order valence-corrected chi connectivity index (χ4v) is 1.54. The Morgan fingerprint density at radius 2 is 2.38 bits per heavy atom. The molecule has 0 saturated carbocycles. The highest BCUT2D eigenvalue weighted by Gasteiger charge is 2.26. The van der Waals surface area contributed by atoms with Crippen LogP contribution in [0.1, 0.15) is 19.8 Å². The van der Waals surface area contributed by atoms with Gasteiger partial charge in [0, 0.05) is 13.1 Å². The second kappa shape index (κ2) is 6.44. The lowest BCUT2D eigenvalue weighted by atomic mass is 10.1. The van der Waals surface area contributed by atoms with Gasteiger partial charge in [0.15, 0.2) is 0 Å². The van der Waals surface area contributed by atoms with Gasteiger partial charge in [-0.05, 0) is 6.42 Å². The Kier molecular flexibility index (Phi) is 5.21. The molecule has 1 amide bonds. The van der Waals surface area contributed by atoms with E-state index < -0.39 is 18.1 Å². The summed E-state index contributed by atoms with van der Waals surface area (Å²) in [5.74, 6) is -1.35. The maximum atomic E-state index is 11.6. The van der Waals surface area contributed by atoms with E-state index in [0.29, 0.717) is 26.0 Å². The SMILES string of the molecule is CCC[C@H](NC(=O)C1CNCCO1)C(=O)O. The van der Waals surface area contributed by atoms with Crippen LogP contribution in [0.3, 0.4) is 0 Å². The van der Waals surface area contributed by atoms with Crippen molar-refractivity contribution in [3.05, 3.63) is 0 Å². The first-order chi connectivity index (χ1) is 7.65. The van der Waals surface area contributed by atoms with Crippen molar-refractivity contribution in [1.82, 2.24) is 10.6 Å². The molecule has 0 bridgehead atoms. The molecule has 1 saturated heterocycles. The zero-order valence-corrected chi connectivity index (χ0v) is 9.36. The van der Waals surface area contributed by atoms with E-state index in [4.69, 9.17) is 9.84 Å². The van der Waals surface area contributed by atoms with Gasteiger partial charge in [0.05, 0.1) is 6.61 Å². The number of ether oxygens (including phenoxy) is 1. The van der Waals surface area contributed by atoms with E-state index in [1.54, 1.807) is 0 Å². The Balaban J connectivity index is 2.43. The van der Waals surface area contributed by atoms with Crippen molar-refractivity contribution in [2.75, 3.05) is 19.7 Å². The quantitative estimate of drug-likeness (QED) is 0.584. The molecule has 1 rings (SSSR count). The predicted octanol–water partition coefficient (Wildman–Crippen LogP) is -0.656. The van der Waals surface area contributed by atoms with Gasteiger partial charge in [-0.1, -0.05) is 13.3 Å². The second-order valence-electron chi connectivity index (χ2n) is 3.75. The first-order valence-corrected chi connectivity index (χ1v) is 5.50. The molecule has 0 spiro atoms. The Bertz CT molecular complexity index is 251. The molecular formula is C10H18N2O4. The summed E-state index contributed by atoms with van der Waals surface area (Å²) in [6.45, 7) is 3.51. The average Bonchev–Trinajstić information content (AvgIpc) is 2.29. The molecule has 0 aliphatic carbocycles. The van der Waals surface area contributed by atoms with Crippen LogP contribution in [0.25, 0.3) is 0 Å². The van der Waals surface area contributed by atoms with Gasteiger partial charge in [0.2, 0.25) is 0 Å². The van der Waals surface area contributed by atoms with Crippen LogP contribution in [0.2, 0.25) is 0 Å². The first-order valence-electron chi connectivity index (χ1n) is 5.50. The standard InChI is InChI=1S/C10H18N2O4/c1-2-3-7(10(14)15)12-9(13)8-6-11-4-5-16-8/h7-8,11H,2-6H2,1H3,(H,12,13)(H,14,15)/t7-,8?/m0/s1. The van der Waals surface area contributed by atoms with Gasteiger partial charge in [0.1, 0.15) is 12.1 Å². The normalized spacial score (nSPS) is 22.4. The summed E-state index contributed by atoms with van der Waals surface area (Å²) < 4.78 is 5.23. The Hall–Kier alpha value is -1.14. The molecule has 6 nitrogen and oxygen atoms in total. The molecule has 0 aromatic carbocycles. The van der Waals surface area contributed by atoms with Gasteiger partial charge in [-0.3, -0.25) is 4.79 Å². The largest absolute Gasteiger partial charge is 0.480 e. The van der Waals surface area contributed by atoms with Crippen LogP contribution in [0, 0.1) is 0 Å². The van der Waals surface area contributed by atoms with E-state index in [0.717, 1.165) is 6.54 Å². The van der Waals surface area contributed by atoms with Crippen LogP contribution in [0.4, 0.5) is 0 Å². The molecule has 3 N–H and O–H groups in total. The van der Waals surface area contributed by atoms with Gasteiger partial charge in [-0.15, -0.1) is 0 Å². The lowest BCUT2D eigenvalue weighted by Gasteiger charge is -2.24. The summed E-state index contributed by atoms with van der Waals surface area (Å²) in [7, 11) is 0. The molecule has 1 unspecified atom stereocenters. The summed E-state index contributed by atoms with van der Waals surface area (Å²) in [6.07, 6.45) is 0.565. The van der Waals surface area contributed by atoms with E-state index in [1.807, 2.05) is 6.92 Å². The number of amides is 1. The maximum Gasteiger partial charge on any atom is 0.326 e. The summed E-state index contributed by atoms with van der Waals surface area (Å²) in [5.41, 5.74) is 0. The number of rotatable bonds is 5. The number of carboxylic acid groups (broad SMARTS) is 1. The lowest BCUT2D eigenvalue weighted by Crippen LogP contribution is -2.51. The van der Waals surface area contributed by atoms with E-state index in [2.05, 4.69) is 10.6 Å². The molecule has 1 aliphatic heterocycles. The molecule has 0 radical (unpaired) electrons. The van der Waals surface area contributed by atoms with Crippen molar-refractivity contribution in [2.45, 2.75) is 31.9 Å². The van der Waals surface area contributed by atoms with Crippen LogP contribution >= 0.6 is 0 Å². The van der Waals surface area contributed by atoms with Gasteiger partial charge in [0.25, 0.3) is 5.91 Å². The second-order valence-corrected chi connectivity index (χ2v) is 3.75. The van der Waals surface area contributed by atoms with Crippen LogP contribution in [-0.4, -0.2) is 48.8 Å². The Labute approximate surface area is 94.3 Å². The number of hydrogen-bond acceptors (Lipinski definition) is 4. The van der Waals surface area contributed by atoms with Crippen molar-refractivity contribution >= 4 is 11.9 Å². The number of aliphatic carboxylic acids is 1. The molecule has 16 heavy (non-hydrogen) atoms. The topological polar surface area (TPSA) is 87.7 Å². The van der Waals surface area contributed by atoms with E-state index in [-0.39, 0.29) is 5.91 Å². The average molecular weight is 230 g/mol. The van der Waals surface area contributed by atoms with Gasteiger partial charge in [-0.2, -0.15) is 0 Å². The van der Waals surface area contributed by atoms with Crippen molar-refractivity contribution in [1.29, 1.82) is 0 Å². The highest BCUT2D eigenvalue weighted by atomic mass is 16.5. The minimum Gasteiger partial charge on any atom is -0.480 e. The number of nitrogens with one attached hydrogen (secondary N) is 2. The Morgan fingerprint density at radius 1 is 1.62 bits per heavy atom. The zero-order chi connectivity index (χ0) is 12.0. The van der Waals surface area contributed by atoms with E-state index in [9.17, 15) is 9.59 Å². The molecule has 1 heterocycles. The minimum atomic E-state index is -1.00. The van der Waals surface area contributed by atoms with Gasteiger partial charge >= 0.3 is 5.97 Å². The maximum absolute atomic E-state index is 11.6.